The molecule has 2 atom stereocenters. The fourth-order valence-corrected chi connectivity index (χ4v) is 6.02. The maximum absolute atomic E-state index is 13.3. The zero-order valence-electron chi connectivity index (χ0n) is 15.6. The number of benzene rings is 1. The standard InChI is InChI=1S/C19H22N4O4S/c1-13-7-19(21-12-20-13)22-10-14-8-15(11-22)23(14)28(24,25)16-3-4-17-18(9-16)27-6-2-5-26-17/h3-4,7,9,12,14-15H,2,5-6,8,10-11H2,1H3. The summed E-state index contributed by atoms with van der Waals surface area (Å²) in [6.45, 7) is 4.30. The van der Waals surface area contributed by atoms with Crippen molar-refractivity contribution in [2.75, 3.05) is 31.2 Å². The van der Waals surface area contributed by atoms with E-state index in [0.29, 0.717) is 37.8 Å². The Kier molecular flexibility index (Phi) is 4.17. The second-order valence-electron chi connectivity index (χ2n) is 7.46. The number of ether oxygens (including phenoxy) is 2. The van der Waals surface area contributed by atoms with Crippen LogP contribution in [0.5, 0.6) is 11.5 Å². The van der Waals surface area contributed by atoms with Gasteiger partial charge in [0.25, 0.3) is 0 Å². The van der Waals surface area contributed by atoms with Crippen molar-refractivity contribution in [2.45, 2.75) is 36.7 Å². The first-order valence-corrected chi connectivity index (χ1v) is 10.9. The van der Waals surface area contributed by atoms with Gasteiger partial charge in [0, 0.05) is 49.4 Å². The predicted octanol–water partition coefficient (Wildman–Crippen LogP) is 1.60. The Morgan fingerprint density at radius 3 is 2.54 bits per heavy atom. The number of rotatable bonds is 3. The van der Waals surface area contributed by atoms with Crippen LogP contribution in [0.15, 0.2) is 35.5 Å². The third-order valence-electron chi connectivity index (χ3n) is 5.53. The summed E-state index contributed by atoms with van der Waals surface area (Å²) in [6, 6.07) is 6.75. The Labute approximate surface area is 164 Å². The number of aryl methyl sites for hydroxylation is 1. The summed E-state index contributed by atoms with van der Waals surface area (Å²) in [5.74, 6) is 1.96. The molecule has 3 saturated heterocycles. The largest absolute Gasteiger partial charge is 0.490 e. The van der Waals surface area contributed by atoms with E-state index in [0.717, 1.165) is 24.4 Å². The molecule has 3 fully saturated rings. The van der Waals surface area contributed by atoms with Gasteiger partial charge in [-0.25, -0.2) is 18.4 Å². The molecule has 2 aromatic rings. The van der Waals surface area contributed by atoms with Crippen molar-refractivity contribution in [2.24, 2.45) is 0 Å². The van der Waals surface area contributed by atoms with Gasteiger partial charge >= 0.3 is 0 Å². The van der Waals surface area contributed by atoms with Gasteiger partial charge in [-0.3, -0.25) is 0 Å². The molecule has 148 valence electrons. The number of nitrogens with zero attached hydrogens (tertiary/aromatic N) is 4. The van der Waals surface area contributed by atoms with Gasteiger partial charge < -0.3 is 14.4 Å². The second kappa shape index (κ2) is 6.59. The van der Waals surface area contributed by atoms with Crippen LogP contribution in [0.3, 0.4) is 0 Å². The Morgan fingerprint density at radius 1 is 1.04 bits per heavy atom. The zero-order valence-corrected chi connectivity index (χ0v) is 16.4. The van der Waals surface area contributed by atoms with Crippen LogP contribution in [-0.2, 0) is 10.0 Å². The van der Waals surface area contributed by atoms with E-state index in [9.17, 15) is 8.42 Å². The maximum Gasteiger partial charge on any atom is 0.243 e. The minimum Gasteiger partial charge on any atom is -0.490 e. The molecule has 4 aliphatic heterocycles. The highest BCUT2D eigenvalue weighted by molar-refractivity contribution is 7.89. The number of fused-ring (bicyclic) bond motifs is 3. The SMILES string of the molecule is Cc1cc(N2CC3CC(C2)N3S(=O)(=O)c2ccc3c(c2)OCCCO3)ncn1. The molecule has 4 aliphatic rings. The van der Waals surface area contributed by atoms with Crippen molar-refractivity contribution in [1.29, 1.82) is 0 Å². The van der Waals surface area contributed by atoms with Gasteiger partial charge in [0.1, 0.15) is 12.1 Å². The number of hydrogen-bond acceptors (Lipinski definition) is 7. The normalized spacial score (nSPS) is 24.4. The number of aromatic nitrogens is 2. The van der Waals surface area contributed by atoms with Crippen LogP contribution in [0.2, 0.25) is 0 Å². The van der Waals surface area contributed by atoms with Crippen molar-refractivity contribution in [3.05, 3.63) is 36.3 Å². The zero-order chi connectivity index (χ0) is 19.3. The molecule has 5 heterocycles. The maximum atomic E-state index is 13.3. The minimum absolute atomic E-state index is 0.0463. The Morgan fingerprint density at radius 2 is 1.79 bits per heavy atom. The summed E-state index contributed by atoms with van der Waals surface area (Å²) in [6.07, 6.45) is 3.22. The highest BCUT2D eigenvalue weighted by atomic mass is 32.2. The summed E-state index contributed by atoms with van der Waals surface area (Å²) in [4.78, 5) is 10.9. The van der Waals surface area contributed by atoms with Crippen molar-refractivity contribution in [3.63, 3.8) is 0 Å². The second-order valence-corrected chi connectivity index (χ2v) is 9.30. The van der Waals surface area contributed by atoms with Crippen molar-refractivity contribution in [1.82, 2.24) is 14.3 Å². The van der Waals surface area contributed by atoms with Gasteiger partial charge in [0.05, 0.1) is 18.1 Å². The molecule has 6 rings (SSSR count). The number of hydrogen-bond donors (Lipinski definition) is 0. The third kappa shape index (κ3) is 2.89. The lowest BCUT2D eigenvalue weighted by atomic mass is 9.91. The molecule has 2 unspecified atom stereocenters. The molecule has 28 heavy (non-hydrogen) atoms. The van der Waals surface area contributed by atoms with E-state index >= 15 is 0 Å². The number of anilines is 1. The smallest absolute Gasteiger partial charge is 0.243 e. The van der Waals surface area contributed by atoms with Gasteiger partial charge in [-0.05, 0) is 25.5 Å². The lowest BCUT2D eigenvalue weighted by Crippen LogP contribution is -2.70. The Balaban J connectivity index is 1.38. The van der Waals surface area contributed by atoms with Crippen molar-refractivity contribution >= 4 is 15.8 Å². The fourth-order valence-electron chi connectivity index (χ4n) is 4.19. The summed E-state index contributed by atoms with van der Waals surface area (Å²) in [7, 11) is -3.58. The van der Waals surface area contributed by atoms with Crippen LogP contribution in [0, 0.1) is 6.92 Å². The molecular formula is C19H22N4O4S. The van der Waals surface area contributed by atoms with Gasteiger partial charge in [-0.1, -0.05) is 0 Å². The topological polar surface area (TPSA) is 84.9 Å². The molecule has 9 heteroatoms. The molecule has 1 aromatic carbocycles. The van der Waals surface area contributed by atoms with Gasteiger partial charge in [-0.15, -0.1) is 0 Å². The number of piperidine rings is 1. The molecule has 1 aromatic heterocycles. The molecule has 0 saturated carbocycles. The van der Waals surface area contributed by atoms with E-state index < -0.39 is 10.0 Å². The summed E-state index contributed by atoms with van der Waals surface area (Å²) in [5.41, 5.74) is 0.904. The monoisotopic (exact) mass is 402 g/mol. The van der Waals surface area contributed by atoms with Crippen LogP contribution in [0.4, 0.5) is 5.82 Å². The van der Waals surface area contributed by atoms with Gasteiger partial charge in [0.2, 0.25) is 10.0 Å². The molecule has 0 aliphatic carbocycles. The van der Waals surface area contributed by atoms with Crippen LogP contribution < -0.4 is 14.4 Å². The number of piperazine rings is 1. The van der Waals surface area contributed by atoms with Crippen LogP contribution in [0.25, 0.3) is 0 Å². The highest BCUT2D eigenvalue weighted by Crippen LogP contribution is 2.40. The Hall–Kier alpha value is -2.39. The molecule has 0 spiro atoms. The molecule has 0 N–H and O–H groups in total. The molecule has 2 bridgehead atoms. The van der Waals surface area contributed by atoms with Crippen molar-refractivity contribution in [3.8, 4) is 11.5 Å². The van der Waals surface area contributed by atoms with E-state index in [-0.39, 0.29) is 17.0 Å². The van der Waals surface area contributed by atoms with Crippen LogP contribution >= 0.6 is 0 Å². The third-order valence-corrected chi connectivity index (χ3v) is 7.53. The van der Waals surface area contributed by atoms with E-state index in [1.54, 1.807) is 28.8 Å². The Bertz CT molecular complexity index is 1000. The van der Waals surface area contributed by atoms with E-state index in [4.69, 9.17) is 9.47 Å². The molecular weight excluding hydrogens is 380 g/mol. The highest BCUT2D eigenvalue weighted by Gasteiger charge is 2.51. The van der Waals surface area contributed by atoms with E-state index in [1.165, 1.54) is 0 Å². The molecule has 8 nitrogen and oxygen atoms in total. The average molecular weight is 402 g/mol. The first kappa shape index (κ1) is 17.7. The fraction of sp³-hybridized carbons (Fsp3) is 0.474. The van der Waals surface area contributed by atoms with Crippen LogP contribution in [0.1, 0.15) is 18.5 Å². The summed E-state index contributed by atoms with van der Waals surface area (Å²) in [5, 5.41) is 0. The van der Waals surface area contributed by atoms with Crippen molar-refractivity contribution < 1.29 is 17.9 Å². The van der Waals surface area contributed by atoms with E-state index in [1.807, 2.05) is 13.0 Å². The molecule has 0 amide bonds. The lowest BCUT2D eigenvalue weighted by molar-refractivity contribution is 0.0874. The summed E-state index contributed by atoms with van der Waals surface area (Å²) < 4.78 is 39.5. The average Bonchev–Trinajstić information content (AvgIpc) is 2.92. The predicted molar refractivity (Wildman–Crippen MR) is 102 cm³/mol. The van der Waals surface area contributed by atoms with Gasteiger partial charge in [0.15, 0.2) is 11.5 Å². The first-order valence-electron chi connectivity index (χ1n) is 9.49. The number of sulfonamides is 1. The quantitative estimate of drug-likeness (QED) is 0.771. The lowest BCUT2D eigenvalue weighted by Gasteiger charge is -2.55. The van der Waals surface area contributed by atoms with Gasteiger partial charge in [-0.2, -0.15) is 4.31 Å². The van der Waals surface area contributed by atoms with E-state index in [2.05, 4.69) is 14.9 Å². The molecule has 0 radical (unpaired) electrons. The minimum atomic E-state index is -3.58. The van der Waals surface area contributed by atoms with Crippen LogP contribution in [-0.4, -0.2) is 61.1 Å². The summed E-state index contributed by atoms with van der Waals surface area (Å²) >= 11 is 0. The first-order chi connectivity index (χ1) is 13.5.